The lowest BCUT2D eigenvalue weighted by Crippen LogP contribution is -2.26. The minimum atomic E-state index is -0.733. The van der Waals surface area contributed by atoms with Gasteiger partial charge in [0.15, 0.2) is 34.9 Å². The van der Waals surface area contributed by atoms with E-state index in [0.717, 1.165) is 55.6 Å². The number of rotatable bonds is 10. The summed E-state index contributed by atoms with van der Waals surface area (Å²) in [6.07, 6.45) is 13.6. The molecule has 2 aliphatic carbocycles. The molecule has 0 radical (unpaired) electrons. The van der Waals surface area contributed by atoms with Crippen LogP contribution in [0.5, 0.6) is 0 Å². The number of fused-ring (bicyclic) bond motifs is 10. The molecule has 10 nitrogen and oxygen atoms in total. The topological polar surface area (TPSA) is 139 Å². The molecule has 0 saturated carbocycles. The lowest BCUT2D eigenvalue weighted by Gasteiger charge is -2.31. The van der Waals surface area contributed by atoms with Crippen LogP contribution in [0, 0.1) is 5.41 Å². The van der Waals surface area contributed by atoms with Crippen LogP contribution in [0.3, 0.4) is 0 Å². The highest BCUT2D eigenvalue weighted by molar-refractivity contribution is 6.07. The zero-order chi connectivity index (χ0) is 42.2. The third kappa shape index (κ3) is 6.20. The minimum Gasteiger partial charge on any atom is -0.297 e. The minimum absolute atomic E-state index is 0.128. The van der Waals surface area contributed by atoms with Crippen molar-refractivity contribution in [1.82, 2.24) is 39.9 Å². The van der Waals surface area contributed by atoms with E-state index in [2.05, 4.69) is 112 Å². The van der Waals surface area contributed by atoms with E-state index in [1.807, 2.05) is 61.5 Å². The number of allylic oxidation sites excluding steroid dienone is 5. The van der Waals surface area contributed by atoms with Gasteiger partial charge in [-0.05, 0) is 100.0 Å². The number of nitrogens with one attached hydrogen (secondary N) is 1. The monoisotopic (exact) mass is 800 g/mol. The van der Waals surface area contributed by atoms with Crippen molar-refractivity contribution < 1.29 is 0 Å². The van der Waals surface area contributed by atoms with E-state index in [1.165, 1.54) is 6.20 Å². The molecule has 10 heteroatoms. The van der Waals surface area contributed by atoms with Crippen molar-refractivity contribution in [2.45, 2.75) is 12.3 Å². The summed E-state index contributed by atoms with van der Waals surface area (Å²) in [6.45, 7) is 9.53. The second-order valence-electron chi connectivity index (χ2n) is 14.6. The average Bonchev–Trinajstić information content (AvgIpc) is 3.80. The average molecular weight is 801 g/mol. The SMILES string of the molecule is C=C/C=C\C(=N)c1nc(-c2ccc3c(c2)C2(c4ccccc4-c4ccccc42)c2cc(-c4nc(C(/C=C\C)=NC=C)nc(-c5ccccn5)n4)ccc2-3)nc(-c2ccccn2)n1. The molecule has 0 saturated heterocycles. The first-order chi connectivity index (χ1) is 30.5. The quantitative estimate of drug-likeness (QED) is 0.107. The lowest BCUT2D eigenvalue weighted by molar-refractivity contribution is 0.794. The van der Waals surface area contributed by atoms with Crippen molar-refractivity contribution >= 4 is 11.4 Å². The van der Waals surface area contributed by atoms with Crippen LogP contribution in [-0.2, 0) is 5.41 Å². The smallest absolute Gasteiger partial charge is 0.182 e. The molecule has 0 fully saturated rings. The summed E-state index contributed by atoms with van der Waals surface area (Å²) < 4.78 is 0. The number of nitrogens with zero attached hydrogens (tertiary/aromatic N) is 9. The van der Waals surface area contributed by atoms with Gasteiger partial charge in [-0.25, -0.2) is 29.9 Å². The predicted octanol–water partition coefficient (Wildman–Crippen LogP) is 10.5. The molecular weight excluding hydrogens is 765 g/mol. The van der Waals surface area contributed by atoms with Crippen molar-refractivity contribution in [1.29, 1.82) is 5.41 Å². The summed E-state index contributed by atoms with van der Waals surface area (Å²) in [4.78, 5) is 43.1. The zero-order valence-electron chi connectivity index (χ0n) is 33.6. The summed E-state index contributed by atoms with van der Waals surface area (Å²) in [5, 5.41) is 8.85. The molecule has 4 heterocycles. The van der Waals surface area contributed by atoms with E-state index < -0.39 is 5.41 Å². The molecule has 2 aliphatic rings. The van der Waals surface area contributed by atoms with E-state index in [1.54, 1.807) is 30.6 Å². The largest absolute Gasteiger partial charge is 0.297 e. The fraction of sp³-hybridized carbons (Fsp3) is 0.0385. The van der Waals surface area contributed by atoms with Gasteiger partial charge in [-0.3, -0.25) is 20.4 Å². The molecule has 0 amide bonds. The molecule has 0 bridgehead atoms. The molecule has 1 N–H and O–H groups in total. The van der Waals surface area contributed by atoms with Crippen LogP contribution < -0.4 is 0 Å². The van der Waals surface area contributed by atoms with E-state index in [0.29, 0.717) is 46.2 Å². The Hall–Kier alpha value is -8.50. The predicted molar refractivity (Wildman–Crippen MR) is 245 cm³/mol. The Kier molecular flexibility index (Phi) is 9.49. The van der Waals surface area contributed by atoms with Crippen molar-refractivity contribution in [3.63, 3.8) is 0 Å². The molecule has 4 aromatic carbocycles. The van der Waals surface area contributed by atoms with Gasteiger partial charge in [-0.15, -0.1) is 0 Å². The van der Waals surface area contributed by atoms with Gasteiger partial charge in [-0.2, -0.15) is 0 Å². The fourth-order valence-electron chi connectivity index (χ4n) is 8.55. The van der Waals surface area contributed by atoms with Gasteiger partial charge >= 0.3 is 0 Å². The van der Waals surface area contributed by atoms with Crippen molar-refractivity contribution in [3.05, 3.63) is 217 Å². The van der Waals surface area contributed by atoms with Gasteiger partial charge in [0, 0.05) is 29.7 Å². The standard InChI is InChI=1S/C52H36N10/c1-4-7-21-42(53)48-57-46(58-50(61-48)44-22-12-14-28-55-44)32-24-26-36-37-27-25-33(47-59-49(43(16-5-2)54-6-3)62-51(60-47)45-23-13-15-29-56-45)31-41(37)52(40(36)30-32)38-19-10-8-17-34(38)35-18-9-11-20-39(35)52/h4-31,53H,1,3H2,2H3/b16-5-,21-7-,53-42?,54-43?. The van der Waals surface area contributed by atoms with Crippen LogP contribution in [0.2, 0.25) is 0 Å². The highest BCUT2D eigenvalue weighted by atomic mass is 15.1. The normalized spacial score (nSPS) is 13.2. The first kappa shape index (κ1) is 37.7. The molecular formula is C52H36N10. The fourth-order valence-corrected chi connectivity index (χ4v) is 8.55. The van der Waals surface area contributed by atoms with Gasteiger partial charge in [-0.1, -0.05) is 116 Å². The molecule has 62 heavy (non-hydrogen) atoms. The Morgan fingerprint density at radius 2 is 1.05 bits per heavy atom. The lowest BCUT2D eigenvalue weighted by atomic mass is 9.70. The maximum absolute atomic E-state index is 8.85. The van der Waals surface area contributed by atoms with Gasteiger partial charge in [0.2, 0.25) is 0 Å². The molecule has 10 rings (SSSR count). The highest BCUT2D eigenvalue weighted by Gasteiger charge is 2.52. The van der Waals surface area contributed by atoms with Gasteiger partial charge in [0.25, 0.3) is 0 Å². The van der Waals surface area contributed by atoms with Gasteiger partial charge < -0.3 is 0 Å². The number of hydrogen-bond donors (Lipinski definition) is 1. The molecule has 0 aliphatic heterocycles. The van der Waals surface area contributed by atoms with Crippen molar-refractivity contribution in [2.75, 3.05) is 0 Å². The van der Waals surface area contributed by atoms with Crippen LogP contribution in [0.1, 0.15) is 40.8 Å². The maximum atomic E-state index is 8.85. The van der Waals surface area contributed by atoms with Gasteiger partial charge in [0.1, 0.15) is 17.1 Å². The van der Waals surface area contributed by atoms with E-state index in [-0.39, 0.29) is 11.5 Å². The number of aromatic nitrogens is 8. The van der Waals surface area contributed by atoms with Crippen LogP contribution in [0.4, 0.5) is 0 Å². The van der Waals surface area contributed by atoms with E-state index in [4.69, 9.17) is 30.3 Å². The second-order valence-corrected chi connectivity index (χ2v) is 14.6. The van der Waals surface area contributed by atoms with Gasteiger partial charge in [0.05, 0.1) is 11.1 Å². The maximum Gasteiger partial charge on any atom is 0.182 e. The number of hydrogen-bond acceptors (Lipinski definition) is 10. The Bertz CT molecular complexity index is 3160. The summed E-state index contributed by atoms with van der Waals surface area (Å²) in [7, 11) is 0. The van der Waals surface area contributed by atoms with Crippen LogP contribution in [0.25, 0.3) is 68.1 Å². The molecule has 0 unspecified atom stereocenters. The second kappa shape index (κ2) is 15.6. The molecule has 1 spiro atoms. The molecule has 8 aromatic rings. The zero-order valence-corrected chi connectivity index (χ0v) is 33.6. The Balaban J connectivity index is 1.22. The molecule has 294 valence electrons. The first-order valence-corrected chi connectivity index (χ1v) is 20.1. The van der Waals surface area contributed by atoms with Crippen molar-refractivity contribution in [3.8, 4) is 68.1 Å². The first-order valence-electron chi connectivity index (χ1n) is 20.1. The molecule has 0 atom stereocenters. The van der Waals surface area contributed by atoms with Crippen LogP contribution in [-0.4, -0.2) is 51.3 Å². The summed E-state index contributed by atoms with van der Waals surface area (Å²) in [5.41, 5.74) is 11.7. The van der Waals surface area contributed by atoms with Crippen LogP contribution >= 0.6 is 0 Å². The Labute approximate surface area is 358 Å². The summed E-state index contributed by atoms with van der Waals surface area (Å²) in [6, 6.07) is 41.4. The number of pyridine rings is 2. The summed E-state index contributed by atoms with van der Waals surface area (Å²) in [5.74, 6) is 2.36. The Morgan fingerprint density at radius 3 is 1.56 bits per heavy atom. The summed E-state index contributed by atoms with van der Waals surface area (Å²) >= 11 is 0. The number of aliphatic imine (C=N–C) groups is 1. The number of benzene rings is 4. The van der Waals surface area contributed by atoms with Crippen LogP contribution in [0.15, 0.2) is 188 Å². The third-order valence-electron chi connectivity index (χ3n) is 11.1. The van der Waals surface area contributed by atoms with Crippen molar-refractivity contribution in [2.24, 2.45) is 4.99 Å². The Morgan fingerprint density at radius 1 is 0.548 bits per heavy atom. The third-order valence-corrected chi connectivity index (χ3v) is 11.1. The molecule has 4 aromatic heterocycles. The van der Waals surface area contributed by atoms with E-state index >= 15 is 0 Å². The van der Waals surface area contributed by atoms with E-state index in [9.17, 15) is 0 Å². The highest BCUT2D eigenvalue weighted by Crippen LogP contribution is 2.63.